The zero-order valence-electron chi connectivity index (χ0n) is 20.7. The van der Waals surface area contributed by atoms with Crippen LogP contribution >= 0.6 is 11.3 Å². The van der Waals surface area contributed by atoms with Gasteiger partial charge in [0.05, 0.1) is 35.8 Å². The average molecular weight is 501 g/mol. The number of H-pyrrole nitrogens is 1. The summed E-state index contributed by atoms with van der Waals surface area (Å²) in [5.74, 6) is 5.91. The Bertz CT molecular complexity index is 1400. The highest BCUT2D eigenvalue weighted by molar-refractivity contribution is 7.09. The number of nitrogens with zero attached hydrogens (tertiary/aromatic N) is 2. The average Bonchev–Trinajstić information content (AvgIpc) is 3.52. The normalized spacial score (nSPS) is 18.3. The molecule has 0 bridgehead atoms. The summed E-state index contributed by atoms with van der Waals surface area (Å²) >= 11 is 1.65. The second-order valence-electron chi connectivity index (χ2n) is 9.26. The number of morpholine rings is 1. The van der Waals surface area contributed by atoms with Crippen molar-refractivity contribution in [3.8, 4) is 11.1 Å². The highest BCUT2D eigenvalue weighted by atomic mass is 32.1. The second kappa shape index (κ2) is 10.3. The number of fused-ring (bicyclic) bond motifs is 1. The van der Waals surface area contributed by atoms with Crippen molar-refractivity contribution >= 4 is 45.4 Å². The van der Waals surface area contributed by atoms with Gasteiger partial charge in [-0.15, -0.1) is 11.3 Å². The van der Waals surface area contributed by atoms with E-state index in [4.69, 9.17) is 15.6 Å². The van der Waals surface area contributed by atoms with Crippen molar-refractivity contribution in [2.45, 2.75) is 32.6 Å². The number of rotatable bonds is 8. The predicted molar refractivity (Wildman–Crippen MR) is 152 cm³/mol. The number of nitrogen functional groups attached to an aromatic ring is 1. The minimum Gasteiger partial charge on any atom is -0.373 e. The summed E-state index contributed by atoms with van der Waals surface area (Å²) < 4.78 is 5.86. The van der Waals surface area contributed by atoms with Crippen LogP contribution in [-0.4, -0.2) is 40.2 Å². The molecule has 0 aliphatic carbocycles. The summed E-state index contributed by atoms with van der Waals surface area (Å²) in [6, 6.07) is 12.5. The summed E-state index contributed by atoms with van der Waals surface area (Å²) in [6.07, 6.45) is 4.21. The fraction of sp³-hybridized carbons (Fsp3) is 0.250. The monoisotopic (exact) mass is 500 g/mol. The third-order valence-electron chi connectivity index (χ3n) is 6.45. The van der Waals surface area contributed by atoms with Crippen molar-refractivity contribution in [3.63, 3.8) is 0 Å². The maximum Gasteiger partial charge on any atom is 0.107 e. The summed E-state index contributed by atoms with van der Waals surface area (Å²) in [6.45, 7) is 15.2. The van der Waals surface area contributed by atoms with Gasteiger partial charge in [0.15, 0.2) is 0 Å². The Morgan fingerprint density at radius 3 is 2.78 bits per heavy atom. The van der Waals surface area contributed by atoms with E-state index in [-0.39, 0.29) is 12.2 Å². The second-order valence-corrected chi connectivity index (χ2v) is 10.2. The van der Waals surface area contributed by atoms with E-state index >= 15 is 0 Å². The molecule has 0 radical (unpaired) electrons. The molecule has 0 saturated carbocycles. The minimum atomic E-state index is 0.233. The Morgan fingerprint density at radius 2 is 2.03 bits per heavy atom. The SMILES string of the molecule is C=Cc1c(NN)cc(-c2cccc3[nH]ccc23)cc1NC(=C)c1csc(CN2CC(C)OC(C)C2)n1. The number of hydrogen-bond donors (Lipinski definition) is 4. The fourth-order valence-electron chi connectivity index (χ4n) is 4.94. The molecule has 1 aliphatic rings. The molecule has 186 valence electrons. The van der Waals surface area contributed by atoms with E-state index in [9.17, 15) is 0 Å². The van der Waals surface area contributed by atoms with Crippen LogP contribution in [0, 0.1) is 0 Å². The van der Waals surface area contributed by atoms with E-state index in [0.717, 1.165) is 75.0 Å². The molecule has 2 unspecified atom stereocenters. The van der Waals surface area contributed by atoms with E-state index in [1.54, 1.807) is 17.4 Å². The zero-order chi connectivity index (χ0) is 25.2. The lowest BCUT2D eigenvalue weighted by Gasteiger charge is -2.34. The standard InChI is InChI=1S/C28H32N6OS/c1-5-21-25(11-20(12-26(21)33-29)22-7-6-8-24-23(22)9-10-30-24)31-19(4)27-16-36-28(32-27)15-34-13-17(2)35-18(3)14-34/h5-12,16-18,30-31,33H,1,4,13-15,29H2,2-3H3. The van der Waals surface area contributed by atoms with Crippen LogP contribution in [0.25, 0.3) is 33.8 Å². The Hall–Kier alpha value is -3.43. The van der Waals surface area contributed by atoms with Gasteiger partial charge < -0.3 is 20.5 Å². The molecule has 0 spiro atoms. The summed E-state index contributed by atoms with van der Waals surface area (Å²) in [7, 11) is 0. The molecule has 5 rings (SSSR count). The van der Waals surface area contributed by atoms with Crippen LogP contribution in [0.4, 0.5) is 11.4 Å². The van der Waals surface area contributed by atoms with Gasteiger partial charge in [0.1, 0.15) is 5.01 Å². The Kier molecular flexibility index (Phi) is 6.93. The third-order valence-corrected chi connectivity index (χ3v) is 7.28. The molecular weight excluding hydrogens is 468 g/mol. The summed E-state index contributed by atoms with van der Waals surface area (Å²) in [5.41, 5.74) is 10.1. The molecule has 8 heteroatoms. The number of nitrogens with two attached hydrogens (primary N) is 1. The predicted octanol–water partition coefficient (Wildman–Crippen LogP) is 5.91. The first-order chi connectivity index (χ1) is 17.4. The van der Waals surface area contributed by atoms with Crippen molar-refractivity contribution in [2.75, 3.05) is 23.8 Å². The molecule has 2 aromatic carbocycles. The van der Waals surface area contributed by atoms with E-state index in [1.807, 2.05) is 18.3 Å². The molecule has 1 fully saturated rings. The van der Waals surface area contributed by atoms with Crippen LogP contribution < -0.4 is 16.6 Å². The highest BCUT2D eigenvalue weighted by Crippen LogP contribution is 2.37. The van der Waals surface area contributed by atoms with Crippen LogP contribution in [0.15, 0.2) is 61.1 Å². The van der Waals surface area contributed by atoms with Gasteiger partial charge in [-0.25, -0.2) is 4.98 Å². The first-order valence-electron chi connectivity index (χ1n) is 12.1. The number of aromatic amines is 1. The van der Waals surface area contributed by atoms with Gasteiger partial charge in [-0.2, -0.15) is 0 Å². The largest absolute Gasteiger partial charge is 0.373 e. The molecule has 7 nitrogen and oxygen atoms in total. The van der Waals surface area contributed by atoms with E-state index in [0.29, 0.717) is 0 Å². The van der Waals surface area contributed by atoms with Gasteiger partial charge >= 0.3 is 0 Å². The van der Waals surface area contributed by atoms with Gasteiger partial charge in [0.2, 0.25) is 0 Å². The number of hydrazine groups is 1. The van der Waals surface area contributed by atoms with Crippen LogP contribution in [0.2, 0.25) is 0 Å². The van der Waals surface area contributed by atoms with Gasteiger partial charge in [-0.3, -0.25) is 10.7 Å². The van der Waals surface area contributed by atoms with E-state index in [2.05, 4.69) is 77.3 Å². The maximum absolute atomic E-state index is 5.91. The molecule has 1 saturated heterocycles. The third kappa shape index (κ3) is 4.94. The van der Waals surface area contributed by atoms with Crippen molar-refractivity contribution in [1.82, 2.24) is 14.9 Å². The molecule has 4 aromatic rings. The maximum atomic E-state index is 5.91. The quantitative estimate of drug-likeness (QED) is 0.178. The molecular formula is C28H32N6OS. The molecule has 0 amide bonds. The van der Waals surface area contributed by atoms with E-state index < -0.39 is 0 Å². The van der Waals surface area contributed by atoms with Crippen molar-refractivity contribution in [1.29, 1.82) is 0 Å². The summed E-state index contributed by atoms with van der Waals surface area (Å²) in [5, 5.41) is 7.74. The molecule has 1 aliphatic heterocycles. The van der Waals surface area contributed by atoms with Crippen molar-refractivity contribution in [2.24, 2.45) is 5.84 Å². The minimum absolute atomic E-state index is 0.233. The zero-order valence-corrected chi connectivity index (χ0v) is 21.5. The number of thiazole rings is 1. The van der Waals surface area contributed by atoms with Crippen LogP contribution in [0.3, 0.4) is 0 Å². The van der Waals surface area contributed by atoms with Crippen molar-refractivity contribution in [3.05, 3.63) is 77.4 Å². The molecule has 2 aromatic heterocycles. The number of benzene rings is 2. The Morgan fingerprint density at radius 1 is 1.25 bits per heavy atom. The number of hydrogen-bond acceptors (Lipinski definition) is 7. The topological polar surface area (TPSA) is 91.2 Å². The van der Waals surface area contributed by atoms with Gasteiger partial charge in [-0.1, -0.05) is 31.4 Å². The lowest BCUT2D eigenvalue weighted by Crippen LogP contribution is -2.44. The van der Waals surface area contributed by atoms with Crippen molar-refractivity contribution < 1.29 is 4.74 Å². The number of aromatic nitrogens is 2. The number of anilines is 2. The van der Waals surface area contributed by atoms with Crippen LogP contribution in [0.5, 0.6) is 0 Å². The fourth-order valence-corrected chi connectivity index (χ4v) is 5.79. The number of ether oxygens (including phenoxy) is 1. The smallest absolute Gasteiger partial charge is 0.107 e. The van der Waals surface area contributed by atoms with E-state index in [1.165, 1.54) is 0 Å². The molecule has 36 heavy (non-hydrogen) atoms. The molecule has 5 N–H and O–H groups in total. The highest BCUT2D eigenvalue weighted by Gasteiger charge is 2.23. The molecule has 3 heterocycles. The van der Waals surface area contributed by atoms with Crippen LogP contribution in [0.1, 0.15) is 30.1 Å². The molecule has 2 atom stereocenters. The summed E-state index contributed by atoms with van der Waals surface area (Å²) in [4.78, 5) is 10.5. The van der Waals surface area contributed by atoms with Gasteiger partial charge in [0.25, 0.3) is 0 Å². The lowest BCUT2D eigenvalue weighted by atomic mass is 9.97. The Labute approximate surface area is 215 Å². The van der Waals surface area contributed by atoms with Gasteiger partial charge in [0, 0.05) is 46.8 Å². The Balaban J connectivity index is 1.41. The van der Waals surface area contributed by atoms with Crippen LogP contribution in [-0.2, 0) is 11.3 Å². The first kappa shape index (κ1) is 24.3. The first-order valence-corrected chi connectivity index (χ1v) is 12.9. The van der Waals surface area contributed by atoms with Gasteiger partial charge in [-0.05, 0) is 49.2 Å². The lowest BCUT2D eigenvalue weighted by molar-refractivity contribution is -0.0704. The number of nitrogens with one attached hydrogen (secondary N) is 3.